The summed E-state index contributed by atoms with van der Waals surface area (Å²) in [5.74, 6) is -0.717. The van der Waals surface area contributed by atoms with Gasteiger partial charge in [-0.15, -0.1) is 0 Å². The van der Waals surface area contributed by atoms with Gasteiger partial charge >= 0.3 is 6.09 Å². The van der Waals surface area contributed by atoms with Gasteiger partial charge in [0, 0.05) is 12.5 Å². The molecule has 1 aromatic rings. The fourth-order valence-electron chi connectivity index (χ4n) is 5.40. The fourth-order valence-corrected chi connectivity index (χ4v) is 6.75. The Labute approximate surface area is 233 Å². The van der Waals surface area contributed by atoms with Crippen LogP contribution in [0.25, 0.3) is 0 Å². The molecule has 3 fully saturated rings. The highest BCUT2D eigenvalue weighted by atomic mass is 28.4. The summed E-state index contributed by atoms with van der Waals surface area (Å²) in [6.07, 6.45) is -4.47. The van der Waals surface area contributed by atoms with Crippen LogP contribution in [0, 0.1) is 5.92 Å². The molecule has 9 nitrogen and oxygen atoms in total. The number of carbonyl (C=O) groups excluding carboxylic acids is 1. The molecular weight excluding hydrogens is 518 g/mol. The van der Waals surface area contributed by atoms with Crippen molar-refractivity contribution in [1.29, 1.82) is 0 Å². The van der Waals surface area contributed by atoms with Crippen LogP contribution in [0.2, 0.25) is 18.1 Å². The van der Waals surface area contributed by atoms with Crippen LogP contribution in [0.4, 0.5) is 4.79 Å². The van der Waals surface area contributed by atoms with Gasteiger partial charge in [-0.3, -0.25) is 4.90 Å². The van der Waals surface area contributed by atoms with Crippen molar-refractivity contribution in [3.63, 3.8) is 0 Å². The lowest BCUT2D eigenvalue weighted by Crippen LogP contribution is -2.59. The lowest BCUT2D eigenvalue weighted by molar-refractivity contribution is -0.247. The summed E-state index contributed by atoms with van der Waals surface area (Å²) in [5.41, 5.74) is 0.265. The standard InChI is InChI=1S/C29H47NO8Si/c1-28(2,3)37-27(33)30-15-19(38-39(7,8)29(4,5)6)14-20(30)23(31)22-21-17-35-26(36-21)25(24(22)32)34-16-18-12-10-9-11-13-18/h9-13,19-26,31-32H,14-17H2,1-8H3/t19-,20-,21?,22-,23?,24?,25?,26+/m0/s1. The second-order valence-corrected chi connectivity index (χ2v) is 18.4. The van der Waals surface area contributed by atoms with Crippen LogP contribution in [0.3, 0.4) is 0 Å². The first-order valence-corrected chi connectivity index (χ1v) is 16.9. The van der Waals surface area contributed by atoms with Crippen molar-refractivity contribution in [2.24, 2.45) is 5.92 Å². The van der Waals surface area contributed by atoms with E-state index in [4.69, 9.17) is 23.4 Å². The summed E-state index contributed by atoms with van der Waals surface area (Å²) in [5, 5.41) is 23.3. The predicted octanol–water partition coefficient (Wildman–Crippen LogP) is 4.06. The van der Waals surface area contributed by atoms with E-state index in [0.29, 0.717) is 13.0 Å². The number of amides is 1. The normalized spacial score (nSPS) is 32.4. The van der Waals surface area contributed by atoms with Gasteiger partial charge in [-0.25, -0.2) is 4.79 Å². The highest BCUT2D eigenvalue weighted by molar-refractivity contribution is 6.74. The maximum absolute atomic E-state index is 13.3. The number of carbonyl (C=O) groups is 1. The first-order chi connectivity index (χ1) is 18.1. The molecule has 0 radical (unpaired) electrons. The van der Waals surface area contributed by atoms with Crippen LogP contribution in [-0.4, -0.2) is 91.1 Å². The Morgan fingerprint density at radius 1 is 1.15 bits per heavy atom. The van der Waals surface area contributed by atoms with E-state index in [9.17, 15) is 15.0 Å². The average molecular weight is 566 g/mol. The number of hydrogen-bond acceptors (Lipinski definition) is 8. The van der Waals surface area contributed by atoms with Gasteiger partial charge in [-0.2, -0.15) is 0 Å². The molecule has 3 aliphatic heterocycles. The van der Waals surface area contributed by atoms with Gasteiger partial charge < -0.3 is 33.6 Å². The van der Waals surface area contributed by atoms with E-state index >= 15 is 0 Å². The molecule has 0 aromatic heterocycles. The summed E-state index contributed by atoms with van der Waals surface area (Å²) in [7, 11) is -2.14. The van der Waals surface area contributed by atoms with Gasteiger partial charge in [0.25, 0.3) is 0 Å². The lowest BCUT2D eigenvalue weighted by atomic mass is 9.82. The van der Waals surface area contributed by atoms with E-state index in [1.165, 1.54) is 0 Å². The zero-order chi connectivity index (χ0) is 28.8. The third kappa shape index (κ3) is 6.86. The molecule has 2 bridgehead atoms. The molecule has 1 aromatic carbocycles. The minimum Gasteiger partial charge on any atom is -0.444 e. The molecule has 1 amide bonds. The molecule has 8 atom stereocenters. The number of rotatable bonds is 7. The molecule has 3 saturated heterocycles. The van der Waals surface area contributed by atoms with Gasteiger partial charge in [0.05, 0.1) is 43.7 Å². The Kier molecular flexibility index (Phi) is 8.88. The van der Waals surface area contributed by atoms with Crippen LogP contribution < -0.4 is 0 Å². The SMILES string of the molecule is CC(C)(C)OC(=O)N1C[C@@H](O[Si](C)(C)C(C)(C)C)C[C@H]1C(O)[C@@H]1C2CO[C@H](O2)C(OCc2ccccc2)C1O. The van der Waals surface area contributed by atoms with Gasteiger partial charge in [0.15, 0.2) is 14.6 Å². The maximum atomic E-state index is 13.3. The Bertz CT molecular complexity index is 978. The molecule has 3 heterocycles. The van der Waals surface area contributed by atoms with E-state index in [-0.39, 0.29) is 24.4 Å². The van der Waals surface area contributed by atoms with E-state index in [2.05, 4.69) is 33.9 Å². The van der Waals surface area contributed by atoms with E-state index in [1.54, 1.807) is 4.90 Å². The Balaban J connectivity index is 1.54. The van der Waals surface area contributed by atoms with Crippen molar-refractivity contribution in [3.05, 3.63) is 35.9 Å². The van der Waals surface area contributed by atoms with Gasteiger partial charge in [-0.05, 0) is 50.9 Å². The molecule has 39 heavy (non-hydrogen) atoms. The molecule has 220 valence electrons. The van der Waals surface area contributed by atoms with Crippen molar-refractivity contribution in [3.8, 4) is 0 Å². The molecule has 0 saturated carbocycles. The van der Waals surface area contributed by atoms with Crippen molar-refractivity contribution < 1.29 is 38.4 Å². The summed E-state index contributed by atoms with van der Waals surface area (Å²) < 4.78 is 30.4. The quantitative estimate of drug-likeness (QED) is 0.477. The number of benzene rings is 1. The van der Waals surface area contributed by atoms with Crippen LogP contribution in [0.1, 0.15) is 53.5 Å². The zero-order valence-corrected chi connectivity index (χ0v) is 25.6. The lowest BCUT2D eigenvalue weighted by Gasteiger charge is -2.43. The number of ether oxygens (including phenoxy) is 4. The van der Waals surface area contributed by atoms with Crippen LogP contribution >= 0.6 is 0 Å². The third-order valence-corrected chi connectivity index (χ3v) is 13.0. The highest BCUT2D eigenvalue weighted by Crippen LogP contribution is 2.42. The zero-order valence-electron chi connectivity index (χ0n) is 24.6. The van der Waals surface area contributed by atoms with Crippen molar-refractivity contribution in [2.45, 2.75) is 121 Å². The van der Waals surface area contributed by atoms with Crippen LogP contribution in [0.15, 0.2) is 30.3 Å². The number of fused-ring (bicyclic) bond motifs is 2. The van der Waals surface area contributed by atoms with Crippen molar-refractivity contribution >= 4 is 14.4 Å². The maximum Gasteiger partial charge on any atom is 0.410 e. The number of nitrogens with zero attached hydrogens (tertiary/aromatic N) is 1. The number of likely N-dealkylation sites (tertiary alicyclic amines) is 1. The Hall–Kier alpha value is -1.53. The van der Waals surface area contributed by atoms with Gasteiger partial charge in [-0.1, -0.05) is 51.1 Å². The monoisotopic (exact) mass is 565 g/mol. The molecule has 2 N–H and O–H groups in total. The average Bonchev–Trinajstić information content (AvgIpc) is 3.43. The van der Waals surface area contributed by atoms with E-state index in [1.807, 2.05) is 51.1 Å². The largest absolute Gasteiger partial charge is 0.444 e. The molecular formula is C29H47NO8Si. The minimum atomic E-state index is -2.14. The van der Waals surface area contributed by atoms with E-state index < -0.39 is 62.7 Å². The Morgan fingerprint density at radius 2 is 1.82 bits per heavy atom. The number of aliphatic hydroxyl groups excluding tert-OH is 2. The van der Waals surface area contributed by atoms with Gasteiger partial charge in [0.2, 0.25) is 0 Å². The number of aliphatic hydroxyl groups is 2. The first-order valence-electron chi connectivity index (χ1n) is 14.0. The molecule has 10 heteroatoms. The number of hydrogen-bond donors (Lipinski definition) is 2. The fraction of sp³-hybridized carbons (Fsp3) is 0.759. The smallest absolute Gasteiger partial charge is 0.410 e. The molecule has 4 unspecified atom stereocenters. The van der Waals surface area contributed by atoms with E-state index in [0.717, 1.165) is 5.56 Å². The van der Waals surface area contributed by atoms with Gasteiger partial charge in [0.1, 0.15) is 11.7 Å². The third-order valence-electron chi connectivity index (χ3n) is 8.44. The Morgan fingerprint density at radius 3 is 2.44 bits per heavy atom. The summed E-state index contributed by atoms with van der Waals surface area (Å²) in [6, 6.07) is 9.05. The summed E-state index contributed by atoms with van der Waals surface area (Å²) in [4.78, 5) is 14.9. The summed E-state index contributed by atoms with van der Waals surface area (Å²) in [6.45, 7) is 17.2. The van der Waals surface area contributed by atoms with Crippen LogP contribution in [-0.2, 0) is 30.0 Å². The minimum absolute atomic E-state index is 0.00658. The topological polar surface area (TPSA) is 107 Å². The molecule has 0 aliphatic carbocycles. The second kappa shape index (κ2) is 11.4. The highest BCUT2D eigenvalue weighted by Gasteiger charge is 2.57. The first kappa shape index (κ1) is 30.4. The van der Waals surface area contributed by atoms with Crippen molar-refractivity contribution in [1.82, 2.24) is 4.90 Å². The molecule has 0 spiro atoms. The predicted molar refractivity (Wildman–Crippen MR) is 149 cm³/mol. The second-order valence-electron chi connectivity index (χ2n) is 13.6. The molecule has 3 aliphatic rings. The molecule has 4 rings (SSSR count). The van der Waals surface area contributed by atoms with Crippen molar-refractivity contribution in [2.75, 3.05) is 13.2 Å². The summed E-state index contributed by atoms with van der Waals surface area (Å²) >= 11 is 0. The van der Waals surface area contributed by atoms with Crippen LogP contribution in [0.5, 0.6) is 0 Å².